The van der Waals surface area contributed by atoms with Crippen LogP contribution in [0.1, 0.15) is 30.5 Å². The molecule has 0 amide bonds. The summed E-state index contributed by atoms with van der Waals surface area (Å²) >= 11 is 1.69. The Hall–Kier alpha value is -3.94. The maximum atomic E-state index is 10.1. The lowest BCUT2D eigenvalue weighted by Crippen LogP contribution is -2.24. The Morgan fingerprint density at radius 3 is 2.32 bits per heavy atom. The lowest BCUT2D eigenvalue weighted by Gasteiger charge is -2.35. The van der Waals surface area contributed by atoms with E-state index in [-0.39, 0.29) is 5.41 Å². The first kappa shape index (κ1) is 20.7. The summed E-state index contributed by atoms with van der Waals surface area (Å²) in [5.74, 6) is 0.685. The predicted molar refractivity (Wildman–Crippen MR) is 138 cm³/mol. The first-order valence-corrected chi connectivity index (χ1v) is 12.1. The molecule has 1 aliphatic rings. The number of hydrogen-bond acceptors (Lipinski definition) is 4. The maximum Gasteiger partial charge on any atom is 0.160 e. The van der Waals surface area contributed by atoms with Crippen molar-refractivity contribution >= 4 is 22.7 Å². The SMILES string of the molecule is CC1(C)c2ccccc2Sc2c(C#N)cc(-c3nc(-c4ccccc4)nc4ccccc34)cc21. The van der Waals surface area contributed by atoms with Gasteiger partial charge in [-0.3, -0.25) is 0 Å². The van der Waals surface area contributed by atoms with Crippen LogP contribution in [0.5, 0.6) is 0 Å². The van der Waals surface area contributed by atoms with E-state index in [2.05, 4.69) is 56.3 Å². The molecule has 2 heterocycles. The number of para-hydroxylation sites is 1. The highest BCUT2D eigenvalue weighted by Crippen LogP contribution is 2.51. The number of rotatable bonds is 2. The van der Waals surface area contributed by atoms with Crippen molar-refractivity contribution in [1.82, 2.24) is 9.97 Å². The van der Waals surface area contributed by atoms with Crippen molar-refractivity contribution in [3.63, 3.8) is 0 Å². The Balaban J connectivity index is 1.63. The van der Waals surface area contributed by atoms with E-state index in [0.29, 0.717) is 11.4 Å². The average molecular weight is 456 g/mol. The third-order valence-corrected chi connectivity index (χ3v) is 7.78. The van der Waals surface area contributed by atoms with Crippen LogP contribution >= 0.6 is 11.8 Å². The molecule has 4 aromatic carbocycles. The molecule has 34 heavy (non-hydrogen) atoms. The Morgan fingerprint density at radius 1 is 0.765 bits per heavy atom. The van der Waals surface area contributed by atoms with Gasteiger partial charge in [0.2, 0.25) is 0 Å². The number of fused-ring (bicyclic) bond motifs is 3. The molecule has 3 nitrogen and oxygen atoms in total. The van der Waals surface area contributed by atoms with E-state index in [1.54, 1.807) is 11.8 Å². The van der Waals surface area contributed by atoms with Gasteiger partial charge in [-0.05, 0) is 35.4 Å². The van der Waals surface area contributed by atoms with E-state index in [1.807, 2.05) is 54.6 Å². The van der Waals surface area contributed by atoms with Gasteiger partial charge in [0.05, 0.1) is 16.8 Å². The van der Waals surface area contributed by atoms with Crippen LogP contribution in [0, 0.1) is 11.3 Å². The van der Waals surface area contributed by atoms with Gasteiger partial charge < -0.3 is 0 Å². The zero-order valence-electron chi connectivity index (χ0n) is 18.9. The number of nitrogens with zero attached hydrogens (tertiary/aromatic N) is 3. The Bertz CT molecular complexity index is 1610. The fraction of sp³-hybridized carbons (Fsp3) is 0.100. The summed E-state index contributed by atoms with van der Waals surface area (Å²) in [5.41, 5.74) is 6.55. The first-order valence-electron chi connectivity index (χ1n) is 11.2. The molecule has 162 valence electrons. The second kappa shape index (κ2) is 7.83. The molecule has 6 rings (SSSR count). The molecule has 0 spiro atoms. The summed E-state index contributed by atoms with van der Waals surface area (Å²) < 4.78 is 0. The highest BCUT2D eigenvalue weighted by Gasteiger charge is 2.35. The zero-order valence-corrected chi connectivity index (χ0v) is 19.7. The van der Waals surface area contributed by atoms with E-state index in [4.69, 9.17) is 9.97 Å². The van der Waals surface area contributed by atoms with Gasteiger partial charge in [0.1, 0.15) is 6.07 Å². The van der Waals surface area contributed by atoms with E-state index in [1.165, 1.54) is 10.5 Å². The first-order chi connectivity index (χ1) is 16.6. The lowest BCUT2D eigenvalue weighted by molar-refractivity contribution is 0.607. The number of benzene rings is 4. The second-order valence-corrected chi connectivity index (χ2v) is 10.1. The summed E-state index contributed by atoms with van der Waals surface area (Å²) in [6.07, 6.45) is 0. The van der Waals surface area contributed by atoms with Gasteiger partial charge in [0.25, 0.3) is 0 Å². The summed E-state index contributed by atoms with van der Waals surface area (Å²) in [5, 5.41) is 11.1. The normalized spacial score (nSPS) is 13.7. The summed E-state index contributed by atoms with van der Waals surface area (Å²) in [7, 11) is 0. The van der Waals surface area contributed by atoms with E-state index < -0.39 is 0 Å². The molecule has 0 radical (unpaired) electrons. The van der Waals surface area contributed by atoms with Crippen LogP contribution in [0.4, 0.5) is 0 Å². The third kappa shape index (κ3) is 3.21. The van der Waals surface area contributed by atoms with Crippen molar-refractivity contribution in [3.8, 4) is 28.7 Å². The van der Waals surface area contributed by atoms with Gasteiger partial charge in [0.15, 0.2) is 5.82 Å². The number of aromatic nitrogens is 2. The zero-order chi connectivity index (χ0) is 23.3. The van der Waals surface area contributed by atoms with Gasteiger partial charge >= 0.3 is 0 Å². The van der Waals surface area contributed by atoms with E-state index in [9.17, 15) is 5.26 Å². The van der Waals surface area contributed by atoms with Gasteiger partial charge in [-0.1, -0.05) is 92.3 Å². The molecule has 1 aliphatic heterocycles. The molecular weight excluding hydrogens is 434 g/mol. The molecule has 0 unspecified atom stereocenters. The molecule has 0 atom stereocenters. The average Bonchev–Trinajstić information content (AvgIpc) is 2.88. The smallest absolute Gasteiger partial charge is 0.160 e. The lowest BCUT2D eigenvalue weighted by atomic mass is 9.76. The van der Waals surface area contributed by atoms with Crippen molar-refractivity contribution in [1.29, 1.82) is 5.26 Å². The van der Waals surface area contributed by atoms with Crippen molar-refractivity contribution in [2.75, 3.05) is 0 Å². The van der Waals surface area contributed by atoms with Gasteiger partial charge in [0, 0.05) is 31.7 Å². The largest absolute Gasteiger partial charge is 0.228 e. The van der Waals surface area contributed by atoms with Gasteiger partial charge in [-0.2, -0.15) is 5.26 Å². The Kier molecular flexibility index (Phi) is 4.76. The Morgan fingerprint density at radius 2 is 1.50 bits per heavy atom. The molecule has 0 fully saturated rings. The molecule has 1 aromatic heterocycles. The summed E-state index contributed by atoms with van der Waals surface area (Å²) in [6, 6.07) is 33.3. The van der Waals surface area contributed by atoms with Crippen LogP contribution in [-0.4, -0.2) is 9.97 Å². The van der Waals surface area contributed by atoms with Crippen LogP contribution in [-0.2, 0) is 5.41 Å². The van der Waals surface area contributed by atoms with Crippen molar-refractivity contribution < 1.29 is 0 Å². The molecule has 0 bridgehead atoms. The number of hydrogen-bond donors (Lipinski definition) is 0. The fourth-order valence-electron chi connectivity index (χ4n) is 4.76. The van der Waals surface area contributed by atoms with E-state index in [0.717, 1.165) is 38.2 Å². The Labute approximate surface area is 203 Å². The number of nitriles is 1. The standard InChI is InChI=1S/C30H21N3S/c1-30(2)23-13-7-9-15-26(23)34-28-21(18-31)16-20(17-24(28)30)27-22-12-6-8-14-25(22)32-29(33-27)19-10-4-3-5-11-19/h3-17H,1-2H3. The van der Waals surface area contributed by atoms with Crippen LogP contribution in [0.3, 0.4) is 0 Å². The molecule has 5 aromatic rings. The van der Waals surface area contributed by atoms with Crippen molar-refractivity contribution in [2.45, 2.75) is 29.1 Å². The second-order valence-electron chi connectivity index (χ2n) is 9.01. The van der Waals surface area contributed by atoms with Crippen LogP contribution in [0.25, 0.3) is 33.5 Å². The molecule has 0 saturated carbocycles. The van der Waals surface area contributed by atoms with Crippen molar-refractivity contribution in [3.05, 3.63) is 108 Å². The summed E-state index contributed by atoms with van der Waals surface area (Å²) in [4.78, 5) is 12.1. The molecule has 0 saturated heterocycles. The quantitative estimate of drug-likeness (QED) is 0.275. The van der Waals surface area contributed by atoms with Crippen LogP contribution < -0.4 is 0 Å². The molecule has 0 N–H and O–H groups in total. The molecule has 0 aliphatic carbocycles. The minimum Gasteiger partial charge on any atom is -0.228 e. The highest BCUT2D eigenvalue weighted by molar-refractivity contribution is 7.99. The summed E-state index contributed by atoms with van der Waals surface area (Å²) in [6.45, 7) is 4.48. The van der Waals surface area contributed by atoms with Gasteiger partial charge in [-0.15, -0.1) is 0 Å². The predicted octanol–water partition coefficient (Wildman–Crippen LogP) is 7.63. The molecular formula is C30H21N3S. The minimum atomic E-state index is -0.232. The van der Waals surface area contributed by atoms with Crippen LogP contribution in [0.15, 0.2) is 101 Å². The van der Waals surface area contributed by atoms with E-state index >= 15 is 0 Å². The third-order valence-electron chi connectivity index (χ3n) is 6.56. The maximum absolute atomic E-state index is 10.1. The van der Waals surface area contributed by atoms with Crippen molar-refractivity contribution in [2.24, 2.45) is 0 Å². The monoisotopic (exact) mass is 455 g/mol. The minimum absolute atomic E-state index is 0.232. The van der Waals surface area contributed by atoms with Crippen LogP contribution in [0.2, 0.25) is 0 Å². The van der Waals surface area contributed by atoms with Gasteiger partial charge in [-0.25, -0.2) is 9.97 Å². The fourth-order valence-corrected chi connectivity index (χ4v) is 6.20. The highest BCUT2D eigenvalue weighted by atomic mass is 32.2. The topological polar surface area (TPSA) is 49.6 Å². The molecule has 4 heteroatoms.